The molecule has 0 aliphatic rings. The van der Waals surface area contributed by atoms with Crippen LogP contribution in [-0.4, -0.2) is 47.4 Å². The Labute approximate surface area is 380 Å². The van der Waals surface area contributed by atoms with Crippen LogP contribution in [0.1, 0.15) is 290 Å². The van der Waals surface area contributed by atoms with Crippen LogP contribution in [0.25, 0.3) is 0 Å². The molecule has 0 aromatic heterocycles. The summed E-state index contributed by atoms with van der Waals surface area (Å²) in [5.41, 5.74) is 0. The monoisotopic (exact) mass is 860 g/mol. The van der Waals surface area contributed by atoms with Crippen LogP contribution in [-0.2, 0) is 14.3 Å². The van der Waals surface area contributed by atoms with Crippen molar-refractivity contribution >= 4 is 11.9 Å². The number of amides is 1. The Morgan fingerprint density at radius 3 is 1.16 bits per heavy atom. The molecule has 0 bridgehead atoms. The highest BCUT2D eigenvalue weighted by Gasteiger charge is 2.18. The molecule has 0 rings (SSSR count). The Balaban J connectivity index is 3.55. The zero-order valence-electron chi connectivity index (χ0n) is 40.9. The van der Waals surface area contributed by atoms with E-state index in [1.54, 1.807) is 6.08 Å². The maximum atomic E-state index is 12.4. The second kappa shape index (κ2) is 51.0. The first-order valence-corrected chi connectivity index (χ1v) is 27.1. The molecule has 2 unspecified atom stereocenters. The first kappa shape index (κ1) is 59.3. The van der Waals surface area contributed by atoms with Crippen LogP contribution in [0.15, 0.2) is 24.3 Å². The second-order valence-corrected chi connectivity index (χ2v) is 18.6. The summed E-state index contributed by atoms with van der Waals surface area (Å²) in [6, 6.07) is -0.653. The van der Waals surface area contributed by atoms with Crippen molar-refractivity contribution in [3.63, 3.8) is 0 Å². The molecule has 0 aliphatic carbocycles. The van der Waals surface area contributed by atoms with Gasteiger partial charge in [0, 0.05) is 12.8 Å². The lowest BCUT2D eigenvalue weighted by Gasteiger charge is -2.20. The summed E-state index contributed by atoms with van der Waals surface area (Å²) in [6.45, 7) is 4.83. The molecule has 1 amide bonds. The van der Waals surface area contributed by atoms with Crippen molar-refractivity contribution in [2.24, 2.45) is 0 Å². The number of carbonyl (C=O) groups excluding carboxylic acids is 2. The highest BCUT2D eigenvalue weighted by molar-refractivity contribution is 5.76. The fourth-order valence-electron chi connectivity index (χ4n) is 8.27. The maximum absolute atomic E-state index is 12.4. The second-order valence-electron chi connectivity index (χ2n) is 18.6. The minimum absolute atomic E-state index is 0.0366. The molecule has 0 aliphatic heterocycles. The summed E-state index contributed by atoms with van der Waals surface area (Å²) in [5.74, 6) is -0.138. The topological polar surface area (TPSA) is 95.9 Å². The highest BCUT2D eigenvalue weighted by Crippen LogP contribution is 2.16. The Hall–Kier alpha value is -1.66. The molecule has 0 radical (unpaired) electrons. The predicted octanol–water partition coefficient (Wildman–Crippen LogP) is 16.3. The van der Waals surface area contributed by atoms with E-state index >= 15 is 0 Å². The quantitative estimate of drug-likeness (QED) is 0.0322. The Morgan fingerprint density at radius 1 is 0.443 bits per heavy atom. The van der Waals surface area contributed by atoms with Gasteiger partial charge in [-0.3, -0.25) is 9.59 Å². The van der Waals surface area contributed by atoms with E-state index in [0.717, 1.165) is 77.0 Å². The molecular formula is C55H105NO5. The molecular weight excluding hydrogens is 755 g/mol. The molecule has 0 aromatic rings. The number of esters is 1. The van der Waals surface area contributed by atoms with E-state index in [1.807, 2.05) is 6.08 Å². The van der Waals surface area contributed by atoms with Gasteiger partial charge in [-0.05, 0) is 57.8 Å². The number of allylic oxidation sites excluding steroid dienone is 3. The van der Waals surface area contributed by atoms with Crippen molar-refractivity contribution in [1.82, 2.24) is 5.32 Å². The molecule has 360 valence electrons. The summed E-state index contributed by atoms with van der Waals surface area (Å²) < 4.78 is 5.43. The van der Waals surface area contributed by atoms with Gasteiger partial charge in [0.1, 0.15) is 0 Å². The number of nitrogens with one attached hydrogen (secondary N) is 1. The van der Waals surface area contributed by atoms with Crippen molar-refractivity contribution in [2.75, 3.05) is 13.2 Å². The van der Waals surface area contributed by atoms with Gasteiger partial charge < -0.3 is 20.3 Å². The van der Waals surface area contributed by atoms with Crippen molar-refractivity contribution in [1.29, 1.82) is 0 Å². The molecule has 6 heteroatoms. The zero-order valence-corrected chi connectivity index (χ0v) is 40.9. The SMILES string of the molecule is CCCCCCCCCCCCCCCCCCCCC/C=C/C(O)C(CO)NC(=O)CCCCCC/C=C\CCCCOC(=O)CCCCCCCCCCCCCCC. The lowest BCUT2D eigenvalue weighted by molar-refractivity contribution is -0.143. The fraction of sp³-hybridized carbons (Fsp3) is 0.891. The van der Waals surface area contributed by atoms with Gasteiger partial charge in [0.05, 0.1) is 25.4 Å². The molecule has 2 atom stereocenters. The molecule has 0 saturated heterocycles. The van der Waals surface area contributed by atoms with Crippen LogP contribution in [0.3, 0.4) is 0 Å². The third-order valence-electron chi connectivity index (χ3n) is 12.5. The minimum atomic E-state index is -0.866. The highest BCUT2D eigenvalue weighted by atomic mass is 16.5. The van der Waals surface area contributed by atoms with Crippen molar-refractivity contribution in [3.05, 3.63) is 24.3 Å². The Kier molecular flexibility index (Phi) is 49.6. The molecule has 3 N–H and O–H groups in total. The predicted molar refractivity (Wildman–Crippen MR) is 264 cm³/mol. The van der Waals surface area contributed by atoms with Crippen molar-refractivity contribution in [3.8, 4) is 0 Å². The molecule has 6 nitrogen and oxygen atoms in total. The van der Waals surface area contributed by atoms with Gasteiger partial charge in [0.25, 0.3) is 0 Å². The van der Waals surface area contributed by atoms with E-state index in [4.69, 9.17) is 4.74 Å². The molecule has 0 aromatic carbocycles. The van der Waals surface area contributed by atoms with E-state index < -0.39 is 12.1 Å². The summed E-state index contributed by atoms with van der Waals surface area (Å²) >= 11 is 0. The number of unbranched alkanes of at least 4 members (excludes halogenated alkanes) is 37. The average molecular weight is 860 g/mol. The molecule has 0 fully saturated rings. The van der Waals surface area contributed by atoms with E-state index in [-0.39, 0.29) is 18.5 Å². The van der Waals surface area contributed by atoms with Crippen LogP contribution in [0.2, 0.25) is 0 Å². The molecule has 0 spiro atoms. The summed E-state index contributed by atoms with van der Waals surface area (Å²) in [4.78, 5) is 24.5. The van der Waals surface area contributed by atoms with Gasteiger partial charge in [-0.1, -0.05) is 244 Å². The fourth-order valence-corrected chi connectivity index (χ4v) is 8.27. The Morgan fingerprint density at radius 2 is 0.770 bits per heavy atom. The zero-order chi connectivity index (χ0) is 44.4. The number of carbonyl (C=O) groups is 2. The van der Waals surface area contributed by atoms with Gasteiger partial charge in [-0.25, -0.2) is 0 Å². The molecule has 0 heterocycles. The Bertz CT molecular complexity index is 951. The standard InChI is InChI=1S/C55H105NO5/c1-3-5-7-9-11-13-15-17-18-19-20-21-22-23-24-26-27-31-35-39-43-47-53(58)52(51-57)56-54(59)48-44-40-36-32-29-30-34-38-42-46-50-61-55(60)49-45-41-37-33-28-25-16-14-12-10-8-6-4-2/h30,34,43,47,52-53,57-58H,3-29,31-33,35-42,44-46,48-51H2,1-2H3,(H,56,59)/b34-30-,47-43+. The third-order valence-corrected chi connectivity index (χ3v) is 12.5. The number of hydrogen-bond donors (Lipinski definition) is 3. The maximum Gasteiger partial charge on any atom is 0.305 e. The van der Waals surface area contributed by atoms with Gasteiger partial charge in [-0.2, -0.15) is 0 Å². The largest absolute Gasteiger partial charge is 0.466 e. The van der Waals surface area contributed by atoms with Crippen LogP contribution in [0.4, 0.5) is 0 Å². The van der Waals surface area contributed by atoms with Gasteiger partial charge in [-0.15, -0.1) is 0 Å². The summed E-state index contributed by atoms with van der Waals surface area (Å²) in [6.07, 6.45) is 60.5. The molecule has 0 saturated carbocycles. The van der Waals surface area contributed by atoms with Crippen LogP contribution < -0.4 is 5.32 Å². The first-order valence-electron chi connectivity index (χ1n) is 27.1. The number of aliphatic hydroxyl groups excluding tert-OH is 2. The van der Waals surface area contributed by atoms with Crippen LogP contribution in [0, 0.1) is 0 Å². The van der Waals surface area contributed by atoms with Crippen LogP contribution in [0.5, 0.6) is 0 Å². The number of rotatable bonds is 50. The van der Waals surface area contributed by atoms with E-state index in [1.165, 1.54) is 186 Å². The van der Waals surface area contributed by atoms with Gasteiger partial charge in [0.2, 0.25) is 5.91 Å². The third kappa shape index (κ3) is 47.7. The number of aliphatic hydroxyl groups is 2. The smallest absolute Gasteiger partial charge is 0.305 e. The van der Waals surface area contributed by atoms with E-state index in [2.05, 4.69) is 31.3 Å². The lowest BCUT2D eigenvalue weighted by Crippen LogP contribution is -2.45. The number of ether oxygens (including phenoxy) is 1. The normalized spacial score (nSPS) is 12.8. The number of hydrogen-bond acceptors (Lipinski definition) is 5. The van der Waals surface area contributed by atoms with Crippen molar-refractivity contribution < 1.29 is 24.5 Å². The minimum Gasteiger partial charge on any atom is -0.466 e. The summed E-state index contributed by atoms with van der Waals surface area (Å²) in [5, 5.41) is 23.1. The lowest BCUT2D eigenvalue weighted by atomic mass is 10.0. The van der Waals surface area contributed by atoms with E-state index in [0.29, 0.717) is 19.4 Å². The van der Waals surface area contributed by atoms with Gasteiger partial charge >= 0.3 is 5.97 Å². The van der Waals surface area contributed by atoms with Gasteiger partial charge in [0.15, 0.2) is 0 Å². The van der Waals surface area contributed by atoms with Crippen LogP contribution >= 0.6 is 0 Å². The first-order chi connectivity index (χ1) is 30.0. The van der Waals surface area contributed by atoms with E-state index in [9.17, 15) is 19.8 Å². The average Bonchev–Trinajstić information content (AvgIpc) is 3.26. The molecule has 61 heavy (non-hydrogen) atoms. The van der Waals surface area contributed by atoms with Crippen molar-refractivity contribution in [2.45, 2.75) is 302 Å². The summed E-state index contributed by atoms with van der Waals surface area (Å²) in [7, 11) is 0.